The van der Waals surface area contributed by atoms with Crippen LogP contribution in [0.2, 0.25) is 0 Å². The highest BCUT2D eigenvalue weighted by molar-refractivity contribution is 6.14. The minimum atomic E-state index is -0.119. The Balaban J connectivity index is 1.51. The Kier molecular flexibility index (Phi) is 4.85. The standard InChI is InChI=1S/C24H20O4/c1-16-7-9-17(10-8-16)13-23-24(25)20-12-11-19(14-22(20)28-23)27-15-18-5-3-4-6-21(18)26-2/h3-14H,15H2,1-2H3/b23-13-. The van der Waals surface area contributed by atoms with Gasteiger partial charge in [-0.1, -0.05) is 48.0 Å². The van der Waals surface area contributed by atoms with Gasteiger partial charge in [0.15, 0.2) is 5.76 Å². The van der Waals surface area contributed by atoms with E-state index in [9.17, 15) is 4.79 Å². The summed E-state index contributed by atoms with van der Waals surface area (Å²) < 4.78 is 17.0. The molecule has 1 aliphatic heterocycles. The second-order valence-electron chi connectivity index (χ2n) is 6.61. The Morgan fingerprint density at radius 1 is 1.00 bits per heavy atom. The predicted octanol–water partition coefficient (Wildman–Crippen LogP) is 5.20. The smallest absolute Gasteiger partial charge is 0.231 e. The number of carbonyl (C=O) groups is 1. The largest absolute Gasteiger partial charge is 0.496 e. The summed E-state index contributed by atoms with van der Waals surface area (Å²) in [4.78, 5) is 12.6. The van der Waals surface area contributed by atoms with Crippen molar-refractivity contribution in [2.45, 2.75) is 13.5 Å². The molecule has 28 heavy (non-hydrogen) atoms. The average molecular weight is 372 g/mol. The fraction of sp³-hybridized carbons (Fsp3) is 0.125. The molecule has 140 valence electrons. The fourth-order valence-electron chi connectivity index (χ4n) is 3.05. The summed E-state index contributed by atoms with van der Waals surface area (Å²) in [6, 6.07) is 20.9. The third-order valence-corrected chi connectivity index (χ3v) is 4.60. The van der Waals surface area contributed by atoms with Crippen LogP contribution in [0.1, 0.15) is 27.0 Å². The zero-order valence-corrected chi connectivity index (χ0v) is 15.8. The molecule has 4 heteroatoms. The lowest BCUT2D eigenvalue weighted by molar-refractivity contribution is 0.101. The van der Waals surface area contributed by atoms with Crippen molar-refractivity contribution in [2.24, 2.45) is 0 Å². The van der Waals surface area contributed by atoms with Crippen LogP contribution >= 0.6 is 0 Å². The second kappa shape index (κ2) is 7.61. The maximum absolute atomic E-state index is 12.6. The zero-order valence-electron chi connectivity index (χ0n) is 15.8. The highest BCUT2D eigenvalue weighted by Crippen LogP contribution is 2.35. The van der Waals surface area contributed by atoms with Crippen molar-refractivity contribution >= 4 is 11.9 Å². The van der Waals surface area contributed by atoms with E-state index in [1.54, 1.807) is 31.4 Å². The fourth-order valence-corrected chi connectivity index (χ4v) is 3.05. The van der Waals surface area contributed by atoms with E-state index in [4.69, 9.17) is 14.2 Å². The molecular weight excluding hydrogens is 352 g/mol. The van der Waals surface area contributed by atoms with E-state index < -0.39 is 0 Å². The van der Waals surface area contributed by atoms with E-state index in [1.807, 2.05) is 55.5 Å². The van der Waals surface area contributed by atoms with Gasteiger partial charge in [0.2, 0.25) is 5.78 Å². The molecule has 1 heterocycles. The lowest BCUT2D eigenvalue weighted by Gasteiger charge is -2.10. The molecule has 0 aliphatic carbocycles. The number of ketones is 1. The van der Waals surface area contributed by atoms with Crippen LogP contribution in [-0.4, -0.2) is 12.9 Å². The van der Waals surface area contributed by atoms with Gasteiger partial charge in [-0.05, 0) is 36.8 Å². The van der Waals surface area contributed by atoms with Crippen molar-refractivity contribution in [3.8, 4) is 17.2 Å². The third-order valence-electron chi connectivity index (χ3n) is 4.60. The molecule has 0 bridgehead atoms. The first-order valence-electron chi connectivity index (χ1n) is 9.04. The number of fused-ring (bicyclic) bond motifs is 1. The van der Waals surface area contributed by atoms with Crippen molar-refractivity contribution in [1.82, 2.24) is 0 Å². The molecule has 3 aromatic carbocycles. The van der Waals surface area contributed by atoms with Crippen LogP contribution in [-0.2, 0) is 6.61 Å². The molecule has 0 aromatic heterocycles. The van der Waals surface area contributed by atoms with Crippen LogP contribution in [0.5, 0.6) is 17.2 Å². The highest BCUT2D eigenvalue weighted by atomic mass is 16.5. The lowest BCUT2D eigenvalue weighted by atomic mass is 10.1. The molecule has 4 nitrogen and oxygen atoms in total. The summed E-state index contributed by atoms with van der Waals surface area (Å²) in [6.45, 7) is 2.39. The van der Waals surface area contributed by atoms with Crippen LogP contribution in [0.4, 0.5) is 0 Å². The maximum Gasteiger partial charge on any atom is 0.231 e. The SMILES string of the molecule is COc1ccccc1COc1ccc2c(c1)O/C(=C\c1ccc(C)cc1)C2=O. The maximum atomic E-state index is 12.6. The molecule has 3 aromatic rings. The van der Waals surface area contributed by atoms with Gasteiger partial charge in [-0.2, -0.15) is 0 Å². The first kappa shape index (κ1) is 17.9. The molecule has 0 spiro atoms. The van der Waals surface area contributed by atoms with Gasteiger partial charge in [0.1, 0.15) is 23.9 Å². The van der Waals surface area contributed by atoms with E-state index in [2.05, 4.69) is 0 Å². The minimum absolute atomic E-state index is 0.119. The van der Waals surface area contributed by atoms with Gasteiger partial charge in [0.25, 0.3) is 0 Å². The van der Waals surface area contributed by atoms with Crippen LogP contribution in [0.3, 0.4) is 0 Å². The van der Waals surface area contributed by atoms with E-state index in [-0.39, 0.29) is 5.78 Å². The van der Waals surface area contributed by atoms with Gasteiger partial charge in [-0.3, -0.25) is 4.79 Å². The van der Waals surface area contributed by atoms with Gasteiger partial charge in [-0.25, -0.2) is 0 Å². The quantitative estimate of drug-likeness (QED) is 0.578. The third kappa shape index (κ3) is 3.62. The zero-order chi connectivity index (χ0) is 19.5. The Bertz CT molecular complexity index is 1050. The van der Waals surface area contributed by atoms with E-state index in [0.29, 0.717) is 29.4 Å². The van der Waals surface area contributed by atoms with Crippen LogP contribution in [0, 0.1) is 6.92 Å². The van der Waals surface area contributed by atoms with Gasteiger partial charge in [0, 0.05) is 11.6 Å². The highest BCUT2D eigenvalue weighted by Gasteiger charge is 2.27. The monoisotopic (exact) mass is 372 g/mol. The van der Waals surface area contributed by atoms with Crippen molar-refractivity contribution in [2.75, 3.05) is 7.11 Å². The molecule has 0 fully saturated rings. The van der Waals surface area contributed by atoms with Gasteiger partial charge < -0.3 is 14.2 Å². The lowest BCUT2D eigenvalue weighted by Crippen LogP contribution is -1.99. The summed E-state index contributed by atoms with van der Waals surface area (Å²) in [5.74, 6) is 2.13. The van der Waals surface area contributed by atoms with Crippen LogP contribution < -0.4 is 14.2 Å². The van der Waals surface area contributed by atoms with Gasteiger partial charge in [-0.15, -0.1) is 0 Å². The molecule has 0 N–H and O–H groups in total. The first-order valence-corrected chi connectivity index (χ1v) is 9.04. The number of aryl methyl sites for hydroxylation is 1. The number of ether oxygens (including phenoxy) is 3. The number of benzene rings is 3. The van der Waals surface area contributed by atoms with Crippen molar-refractivity contribution in [1.29, 1.82) is 0 Å². The number of Topliss-reactive ketones (excluding diaryl/α,β-unsaturated/α-hetero) is 1. The van der Waals surface area contributed by atoms with Gasteiger partial charge in [0.05, 0.1) is 12.7 Å². The van der Waals surface area contributed by atoms with Gasteiger partial charge >= 0.3 is 0 Å². The number of hydrogen-bond acceptors (Lipinski definition) is 4. The van der Waals surface area contributed by atoms with Crippen molar-refractivity contribution < 1.29 is 19.0 Å². The summed E-state index contributed by atoms with van der Waals surface area (Å²) >= 11 is 0. The molecule has 4 rings (SSSR count). The summed E-state index contributed by atoms with van der Waals surface area (Å²) in [6.07, 6.45) is 1.76. The second-order valence-corrected chi connectivity index (χ2v) is 6.61. The average Bonchev–Trinajstić information content (AvgIpc) is 3.03. The van der Waals surface area contributed by atoms with Crippen LogP contribution in [0.25, 0.3) is 6.08 Å². The molecule has 1 aliphatic rings. The number of allylic oxidation sites excluding steroid dienone is 1. The Hall–Kier alpha value is -3.53. The summed E-state index contributed by atoms with van der Waals surface area (Å²) in [5.41, 5.74) is 3.58. The number of methoxy groups -OCH3 is 1. The number of para-hydroxylation sites is 1. The van der Waals surface area contributed by atoms with E-state index >= 15 is 0 Å². The van der Waals surface area contributed by atoms with E-state index in [1.165, 1.54) is 5.56 Å². The Morgan fingerprint density at radius 3 is 2.57 bits per heavy atom. The molecule has 0 atom stereocenters. The topological polar surface area (TPSA) is 44.8 Å². The van der Waals surface area contributed by atoms with Crippen LogP contribution in [0.15, 0.2) is 72.5 Å². The first-order chi connectivity index (χ1) is 13.6. The van der Waals surface area contributed by atoms with E-state index in [0.717, 1.165) is 16.9 Å². The number of rotatable bonds is 5. The summed E-state index contributed by atoms with van der Waals surface area (Å²) in [7, 11) is 1.63. The molecule has 0 saturated heterocycles. The van der Waals surface area contributed by atoms with Crippen molar-refractivity contribution in [3.05, 3.63) is 94.7 Å². The normalized spacial score (nSPS) is 13.9. The predicted molar refractivity (Wildman–Crippen MR) is 108 cm³/mol. The molecule has 0 unspecified atom stereocenters. The Morgan fingerprint density at radius 2 is 1.79 bits per heavy atom. The molecule has 0 radical (unpaired) electrons. The van der Waals surface area contributed by atoms with Crippen molar-refractivity contribution in [3.63, 3.8) is 0 Å². The molecular formula is C24H20O4. The number of carbonyl (C=O) groups excluding carboxylic acids is 1. The molecule has 0 saturated carbocycles. The number of hydrogen-bond donors (Lipinski definition) is 0. The summed E-state index contributed by atoms with van der Waals surface area (Å²) in [5, 5.41) is 0. The minimum Gasteiger partial charge on any atom is -0.496 e. The molecule has 0 amide bonds. The Labute approximate surface area is 164 Å².